The van der Waals surface area contributed by atoms with Crippen molar-refractivity contribution in [3.8, 4) is 0 Å². The van der Waals surface area contributed by atoms with Crippen LogP contribution in [-0.2, 0) is 0 Å². The van der Waals surface area contributed by atoms with Crippen LogP contribution in [0.2, 0.25) is 0 Å². The highest BCUT2D eigenvalue weighted by atomic mass is 14.8. The highest BCUT2D eigenvalue weighted by molar-refractivity contribution is 6.00. The average molecular weight is 217 g/mol. The quantitative estimate of drug-likeness (QED) is 0.652. The molecule has 88 valence electrons. The summed E-state index contributed by atoms with van der Waals surface area (Å²) in [6.45, 7) is 6.55. The van der Waals surface area contributed by atoms with Crippen LogP contribution in [0, 0.1) is 5.92 Å². The van der Waals surface area contributed by atoms with Gasteiger partial charge in [0.2, 0.25) is 0 Å². The minimum atomic E-state index is 0.984. The van der Waals surface area contributed by atoms with Crippen LogP contribution in [0.5, 0.6) is 0 Å². The highest BCUT2D eigenvalue weighted by Gasteiger charge is 2.24. The van der Waals surface area contributed by atoms with Crippen LogP contribution in [0.4, 0.5) is 0 Å². The van der Waals surface area contributed by atoms with E-state index in [1.54, 1.807) is 5.57 Å². The molecule has 0 spiro atoms. The van der Waals surface area contributed by atoms with Gasteiger partial charge >= 0.3 is 0 Å². The first-order valence-electron chi connectivity index (χ1n) is 6.66. The number of hydrogen-bond acceptors (Lipinski definition) is 1. The predicted molar refractivity (Wildman–Crippen MR) is 70.8 cm³/mol. The van der Waals surface area contributed by atoms with Gasteiger partial charge in [-0.1, -0.05) is 13.0 Å². The summed E-state index contributed by atoms with van der Waals surface area (Å²) in [4.78, 5) is 4.84. The molecular formula is C15H23N. The third-order valence-corrected chi connectivity index (χ3v) is 3.80. The van der Waals surface area contributed by atoms with E-state index in [2.05, 4.69) is 26.8 Å². The Labute approximate surface area is 99.4 Å². The van der Waals surface area contributed by atoms with E-state index in [0.717, 1.165) is 12.3 Å². The molecule has 1 aliphatic heterocycles. The number of allylic oxidation sites excluding steroid dienone is 4. The molecule has 0 aromatic rings. The standard InChI is InChI=1S/C15H23N/c1-4-13-8-9-14(10-12-6-7-12)11(3)16-15(13)5-2/h4,12H,5-10H2,1-3H3/b13-4-. The first-order valence-corrected chi connectivity index (χ1v) is 6.66. The molecule has 2 rings (SSSR count). The summed E-state index contributed by atoms with van der Waals surface area (Å²) in [6, 6.07) is 0. The topological polar surface area (TPSA) is 12.4 Å². The average Bonchev–Trinajstić information content (AvgIpc) is 3.09. The highest BCUT2D eigenvalue weighted by Crippen LogP contribution is 2.38. The number of nitrogens with zero attached hydrogens (tertiary/aromatic N) is 1. The van der Waals surface area contributed by atoms with Gasteiger partial charge in [-0.05, 0) is 69.4 Å². The third-order valence-electron chi connectivity index (χ3n) is 3.80. The van der Waals surface area contributed by atoms with Crippen LogP contribution in [0.25, 0.3) is 0 Å². The first-order chi connectivity index (χ1) is 7.74. The lowest BCUT2D eigenvalue weighted by atomic mass is 9.98. The Bertz CT molecular complexity index is 354. The summed E-state index contributed by atoms with van der Waals surface area (Å²) < 4.78 is 0. The monoisotopic (exact) mass is 217 g/mol. The maximum absolute atomic E-state index is 4.84. The molecular weight excluding hydrogens is 194 g/mol. The van der Waals surface area contributed by atoms with Crippen LogP contribution < -0.4 is 0 Å². The molecule has 0 radical (unpaired) electrons. The molecule has 1 nitrogen and oxygen atoms in total. The normalized spacial score (nSPS) is 24.7. The van der Waals surface area contributed by atoms with Gasteiger partial charge in [0.25, 0.3) is 0 Å². The van der Waals surface area contributed by atoms with Crippen LogP contribution in [-0.4, -0.2) is 5.71 Å². The van der Waals surface area contributed by atoms with E-state index in [-0.39, 0.29) is 0 Å². The molecule has 0 N–H and O–H groups in total. The lowest BCUT2D eigenvalue weighted by Crippen LogP contribution is -1.99. The molecule has 0 saturated heterocycles. The largest absolute Gasteiger partial charge is 0.258 e. The minimum absolute atomic E-state index is 0.984. The van der Waals surface area contributed by atoms with Gasteiger partial charge in [0.15, 0.2) is 0 Å². The molecule has 0 aromatic carbocycles. The number of rotatable bonds is 3. The molecule has 0 unspecified atom stereocenters. The van der Waals surface area contributed by atoms with Gasteiger partial charge in [-0.3, -0.25) is 4.99 Å². The molecule has 16 heavy (non-hydrogen) atoms. The van der Waals surface area contributed by atoms with E-state index in [1.807, 2.05) is 0 Å². The van der Waals surface area contributed by atoms with Gasteiger partial charge in [0, 0.05) is 11.4 Å². The van der Waals surface area contributed by atoms with E-state index in [9.17, 15) is 0 Å². The fourth-order valence-electron chi connectivity index (χ4n) is 2.50. The van der Waals surface area contributed by atoms with Crippen molar-refractivity contribution in [2.45, 2.75) is 59.3 Å². The van der Waals surface area contributed by atoms with Crippen LogP contribution in [0.15, 0.2) is 27.9 Å². The summed E-state index contributed by atoms with van der Waals surface area (Å²) in [5, 5.41) is 0. The fraction of sp³-hybridized carbons (Fsp3) is 0.667. The molecule has 1 saturated carbocycles. The fourth-order valence-corrected chi connectivity index (χ4v) is 2.50. The van der Waals surface area contributed by atoms with Crippen LogP contribution in [0.3, 0.4) is 0 Å². The summed E-state index contributed by atoms with van der Waals surface area (Å²) >= 11 is 0. The van der Waals surface area contributed by atoms with E-state index < -0.39 is 0 Å². The second-order valence-corrected chi connectivity index (χ2v) is 5.06. The van der Waals surface area contributed by atoms with Gasteiger partial charge in [-0.15, -0.1) is 0 Å². The summed E-state index contributed by atoms with van der Waals surface area (Å²) in [7, 11) is 0. The van der Waals surface area contributed by atoms with Gasteiger partial charge in [0.05, 0.1) is 0 Å². The molecule has 2 aliphatic rings. The molecule has 1 heteroatoms. The van der Waals surface area contributed by atoms with E-state index in [1.165, 1.54) is 49.1 Å². The smallest absolute Gasteiger partial charge is 0.0432 e. The number of aliphatic imine (C=N–C) groups is 1. The molecule has 0 aromatic heterocycles. The Morgan fingerprint density at radius 3 is 2.62 bits per heavy atom. The SMILES string of the molecule is C/C=C1/CCC(CC2CC2)=C(C)N=C1CC. The molecule has 1 heterocycles. The van der Waals surface area contributed by atoms with E-state index >= 15 is 0 Å². The zero-order chi connectivity index (χ0) is 11.5. The van der Waals surface area contributed by atoms with Crippen molar-refractivity contribution in [1.29, 1.82) is 0 Å². The maximum atomic E-state index is 4.84. The van der Waals surface area contributed by atoms with Gasteiger partial charge in [-0.25, -0.2) is 0 Å². The zero-order valence-electron chi connectivity index (χ0n) is 10.8. The Balaban J connectivity index is 2.18. The summed E-state index contributed by atoms with van der Waals surface area (Å²) in [5.74, 6) is 0.984. The van der Waals surface area contributed by atoms with Crippen molar-refractivity contribution in [3.05, 3.63) is 22.9 Å². The Hall–Kier alpha value is -0.850. The zero-order valence-corrected chi connectivity index (χ0v) is 10.8. The van der Waals surface area contributed by atoms with Crippen LogP contribution >= 0.6 is 0 Å². The van der Waals surface area contributed by atoms with Crippen molar-refractivity contribution in [1.82, 2.24) is 0 Å². The Morgan fingerprint density at radius 2 is 2.06 bits per heavy atom. The van der Waals surface area contributed by atoms with Crippen molar-refractivity contribution >= 4 is 5.71 Å². The Morgan fingerprint density at radius 1 is 1.31 bits per heavy atom. The van der Waals surface area contributed by atoms with Crippen molar-refractivity contribution in [2.75, 3.05) is 0 Å². The Kier molecular flexibility index (Phi) is 3.63. The first kappa shape index (κ1) is 11.6. The van der Waals surface area contributed by atoms with Crippen molar-refractivity contribution in [2.24, 2.45) is 10.9 Å². The summed E-state index contributed by atoms with van der Waals surface area (Å²) in [6.07, 6.45) is 9.93. The van der Waals surface area contributed by atoms with Gasteiger partial charge in [0.1, 0.15) is 0 Å². The predicted octanol–water partition coefficient (Wildman–Crippen LogP) is 4.65. The maximum Gasteiger partial charge on any atom is 0.0432 e. The second-order valence-electron chi connectivity index (χ2n) is 5.06. The van der Waals surface area contributed by atoms with Crippen LogP contribution in [0.1, 0.15) is 59.3 Å². The van der Waals surface area contributed by atoms with Crippen molar-refractivity contribution in [3.63, 3.8) is 0 Å². The summed E-state index contributed by atoms with van der Waals surface area (Å²) in [5.41, 5.74) is 5.70. The minimum Gasteiger partial charge on any atom is -0.258 e. The van der Waals surface area contributed by atoms with E-state index in [0.29, 0.717) is 0 Å². The molecule has 0 bridgehead atoms. The molecule has 1 fully saturated rings. The molecule has 1 aliphatic carbocycles. The van der Waals surface area contributed by atoms with Gasteiger partial charge in [-0.2, -0.15) is 0 Å². The lowest BCUT2D eigenvalue weighted by Gasteiger charge is -2.06. The third kappa shape index (κ3) is 2.63. The molecule has 0 amide bonds. The second kappa shape index (κ2) is 4.99. The lowest BCUT2D eigenvalue weighted by molar-refractivity contribution is 0.757. The van der Waals surface area contributed by atoms with Crippen molar-refractivity contribution < 1.29 is 0 Å². The number of hydrogen-bond donors (Lipinski definition) is 0. The molecule has 0 atom stereocenters. The van der Waals surface area contributed by atoms with Gasteiger partial charge < -0.3 is 0 Å². The van der Waals surface area contributed by atoms with E-state index in [4.69, 9.17) is 4.99 Å².